The fraction of sp³-hybridized carbons (Fsp3) is 0.200. The molecule has 0 unspecified atom stereocenters. The lowest BCUT2D eigenvalue weighted by molar-refractivity contribution is 0.102. The van der Waals surface area contributed by atoms with Crippen molar-refractivity contribution in [2.24, 2.45) is 0 Å². The summed E-state index contributed by atoms with van der Waals surface area (Å²) in [5, 5.41) is 4.50. The predicted octanol–water partition coefficient (Wildman–Crippen LogP) is 4.38. The molecule has 1 heterocycles. The van der Waals surface area contributed by atoms with Crippen LogP contribution in [0.25, 0.3) is 0 Å². The number of rotatable bonds is 6. The number of carbonyl (C=O) groups is 1. The van der Waals surface area contributed by atoms with Crippen molar-refractivity contribution in [2.45, 2.75) is 32.1 Å². The first-order valence-corrected chi connectivity index (χ1v) is 11.1. The lowest BCUT2D eigenvalue weighted by Crippen LogP contribution is -2.15. The van der Waals surface area contributed by atoms with E-state index in [1.807, 2.05) is 32.9 Å². The van der Waals surface area contributed by atoms with Crippen LogP contribution in [0.1, 0.15) is 33.5 Å². The maximum Gasteiger partial charge on any atom is 0.261 e. The highest BCUT2D eigenvalue weighted by atomic mass is 32.2. The SMILES string of the molecule is CCc1nc(C)c(NC(=O)c2ccc(S(=O)(=O)Nc3ccccc3C)cc2)s1. The van der Waals surface area contributed by atoms with E-state index in [1.165, 1.54) is 35.6 Å². The summed E-state index contributed by atoms with van der Waals surface area (Å²) in [7, 11) is -3.73. The molecule has 0 bridgehead atoms. The number of amides is 1. The van der Waals surface area contributed by atoms with E-state index >= 15 is 0 Å². The zero-order valence-electron chi connectivity index (χ0n) is 15.8. The molecule has 2 aromatic carbocycles. The number of aromatic nitrogens is 1. The Morgan fingerprint density at radius 2 is 1.75 bits per heavy atom. The minimum absolute atomic E-state index is 0.0922. The number of nitrogens with zero attached hydrogens (tertiary/aromatic N) is 1. The normalized spacial score (nSPS) is 11.2. The van der Waals surface area contributed by atoms with Gasteiger partial charge in [0.2, 0.25) is 0 Å². The minimum atomic E-state index is -3.73. The minimum Gasteiger partial charge on any atom is -0.312 e. The van der Waals surface area contributed by atoms with Crippen LogP contribution in [-0.4, -0.2) is 19.3 Å². The number of hydrogen-bond donors (Lipinski definition) is 2. The molecular formula is C20H21N3O3S2. The van der Waals surface area contributed by atoms with Crippen LogP contribution in [0.4, 0.5) is 10.7 Å². The van der Waals surface area contributed by atoms with Crippen LogP contribution < -0.4 is 10.0 Å². The number of thiazole rings is 1. The lowest BCUT2D eigenvalue weighted by atomic mass is 10.2. The number of para-hydroxylation sites is 1. The van der Waals surface area contributed by atoms with Gasteiger partial charge in [-0.05, 0) is 56.2 Å². The van der Waals surface area contributed by atoms with E-state index in [-0.39, 0.29) is 10.8 Å². The summed E-state index contributed by atoms with van der Waals surface area (Å²) < 4.78 is 27.7. The number of sulfonamides is 1. The Labute approximate surface area is 168 Å². The average Bonchev–Trinajstić information content (AvgIpc) is 3.03. The van der Waals surface area contributed by atoms with Crippen molar-refractivity contribution in [3.05, 3.63) is 70.4 Å². The van der Waals surface area contributed by atoms with Crippen LogP contribution >= 0.6 is 11.3 Å². The molecular weight excluding hydrogens is 394 g/mol. The van der Waals surface area contributed by atoms with Crippen molar-refractivity contribution in [1.82, 2.24) is 4.98 Å². The number of carbonyl (C=O) groups excluding carboxylic acids is 1. The predicted molar refractivity (Wildman–Crippen MR) is 113 cm³/mol. The van der Waals surface area contributed by atoms with Gasteiger partial charge in [-0.15, -0.1) is 11.3 Å². The Morgan fingerprint density at radius 3 is 2.36 bits per heavy atom. The Morgan fingerprint density at radius 1 is 1.07 bits per heavy atom. The first-order valence-electron chi connectivity index (χ1n) is 8.76. The molecule has 0 saturated heterocycles. The van der Waals surface area contributed by atoms with E-state index in [0.717, 1.165) is 22.7 Å². The molecule has 0 saturated carbocycles. The number of aryl methyl sites for hydroxylation is 3. The van der Waals surface area contributed by atoms with E-state index in [4.69, 9.17) is 0 Å². The van der Waals surface area contributed by atoms with E-state index < -0.39 is 10.0 Å². The highest BCUT2D eigenvalue weighted by Gasteiger charge is 2.17. The molecule has 0 fully saturated rings. The third-order valence-corrected chi connectivity index (χ3v) is 6.79. The van der Waals surface area contributed by atoms with Gasteiger partial charge in [-0.25, -0.2) is 13.4 Å². The molecule has 2 N–H and O–H groups in total. The van der Waals surface area contributed by atoms with Crippen LogP contribution in [0.3, 0.4) is 0 Å². The smallest absolute Gasteiger partial charge is 0.261 e. The van der Waals surface area contributed by atoms with Gasteiger partial charge in [-0.1, -0.05) is 25.1 Å². The van der Waals surface area contributed by atoms with Gasteiger partial charge in [-0.3, -0.25) is 9.52 Å². The molecule has 8 heteroatoms. The molecule has 3 aromatic rings. The lowest BCUT2D eigenvalue weighted by Gasteiger charge is -2.11. The molecule has 0 atom stereocenters. The summed E-state index contributed by atoms with van der Waals surface area (Å²) in [6.07, 6.45) is 0.807. The summed E-state index contributed by atoms with van der Waals surface area (Å²) in [5.41, 5.74) is 2.50. The first-order chi connectivity index (χ1) is 13.3. The molecule has 3 rings (SSSR count). The van der Waals surface area contributed by atoms with E-state index in [0.29, 0.717) is 16.3 Å². The molecule has 6 nitrogen and oxygen atoms in total. The average molecular weight is 416 g/mol. The number of anilines is 2. The maximum atomic E-state index is 12.6. The topological polar surface area (TPSA) is 88.2 Å². The number of benzene rings is 2. The second kappa shape index (κ2) is 8.12. The first kappa shape index (κ1) is 20.0. The van der Waals surface area contributed by atoms with E-state index in [9.17, 15) is 13.2 Å². The number of nitrogens with one attached hydrogen (secondary N) is 2. The van der Waals surface area contributed by atoms with E-state index in [1.54, 1.807) is 12.1 Å². The summed E-state index contributed by atoms with van der Waals surface area (Å²) in [6.45, 7) is 5.68. The molecule has 0 spiro atoms. The van der Waals surface area contributed by atoms with Crippen molar-refractivity contribution in [1.29, 1.82) is 0 Å². The largest absolute Gasteiger partial charge is 0.312 e. The Balaban J connectivity index is 1.76. The summed E-state index contributed by atoms with van der Waals surface area (Å²) in [6, 6.07) is 13.0. The van der Waals surface area contributed by atoms with Gasteiger partial charge in [0.15, 0.2) is 0 Å². The highest BCUT2D eigenvalue weighted by Crippen LogP contribution is 2.25. The van der Waals surface area contributed by atoms with Gasteiger partial charge in [-0.2, -0.15) is 0 Å². The van der Waals surface area contributed by atoms with Gasteiger partial charge >= 0.3 is 0 Å². The van der Waals surface area contributed by atoms with Crippen LogP contribution in [0.2, 0.25) is 0 Å². The van der Waals surface area contributed by atoms with E-state index in [2.05, 4.69) is 15.0 Å². The zero-order valence-corrected chi connectivity index (χ0v) is 17.4. The third kappa shape index (κ3) is 4.40. The van der Waals surface area contributed by atoms with Crippen LogP contribution in [0, 0.1) is 13.8 Å². The van der Waals surface area contributed by atoms with Gasteiger partial charge in [0.1, 0.15) is 5.00 Å². The number of hydrogen-bond acceptors (Lipinski definition) is 5. The fourth-order valence-corrected chi connectivity index (χ4v) is 4.60. The molecule has 146 valence electrons. The van der Waals surface area contributed by atoms with Crippen molar-refractivity contribution in [3.8, 4) is 0 Å². The molecule has 1 aromatic heterocycles. The van der Waals surface area contributed by atoms with Gasteiger partial charge in [0.05, 0.1) is 21.3 Å². The van der Waals surface area contributed by atoms with Gasteiger partial charge in [0, 0.05) is 5.56 Å². The summed E-state index contributed by atoms with van der Waals surface area (Å²) in [4.78, 5) is 16.9. The second-order valence-electron chi connectivity index (χ2n) is 6.27. The molecule has 1 amide bonds. The standard InChI is InChI=1S/C20H21N3O3S2/c1-4-18-21-14(3)20(27-18)22-19(24)15-9-11-16(12-10-15)28(25,26)23-17-8-6-5-7-13(17)2/h5-12,23H,4H2,1-3H3,(H,22,24). The quantitative estimate of drug-likeness (QED) is 0.625. The van der Waals surface area contributed by atoms with Crippen molar-refractivity contribution < 1.29 is 13.2 Å². The summed E-state index contributed by atoms with van der Waals surface area (Å²) in [5.74, 6) is -0.301. The van der Waals surface area contributed by atoms with Crippen molar-refractivity contribution in [2.75, 3.05) is 10.0 Å². The zero-order chi connectivity index (χ0) is 20.3. The monoisotopic (exact) mass is 415 g/mol. The Hall–Kier alpha value is -2.71. The molecule has 0 aliphatic rings. The van der Waals surface area contributed by atoms with Crippen molar-refractivity contribution >= 4 is 38.0 Å². The molecule has 28 heavy (non-hydrogen) atoms. The molecule has 0 aliphatic carbocycles. The summed E-state index contributed by atoms with van der Waals surface area (Å²) >= 11 is 1.44. The Bertz CT molecular complexity index is 1100. The fourth-order valence-electron chi connectivity index (χ4n) is 2.57. The Kier molecular flexibility index (Phi) is 5.81. The highest BCUT2D eigenvalue weighted by molar-refractivity contribution is 7.92. The van der Waals surface area contributed by atoms with Crippen molar-refractivity contribution in [3.63, 3.8) is 0 Å². The maximum absolute atomic E-state index is 12.6. The molecule has 0 radical (unpaired) electrons. The van der Waals surface area contributed by atoms with Crippen LogP contribution in [0.5, 0.6) is 0 Å². The van der Waals surface area contributed by atoms with Crippen LogP contribution in [-0.2, 0) is 16.4 Å². The van der Waals surface area contributed by atoms with Gasteiger partial charge in [0.25, 0.3) is 15.9 Å². The second-order valence-corrected chi connectivity index (χ2v) is 9.04. The molecule has 0 aliphatic heterocycles. The van der Waals surface area contributed by atoms with Crippen LogP contribution in [0.15, 0.2) is 53.4 Å². The third-order valence-electron chi connectivity index (χ3n) is 4.19. The van der Waals surface area contributed by atoms with Gasteiger partial charge < -0.3 is 5.32 Å².